The molecule has 2 aromatic carbocycles. The molecule has 1 aliphatic rings. The number of carbonyl (C=O) groups excluding carboxylic acids is 1. The molecule has 0 bridgehead atoms. The summed E-state index contributed by atoms with van der Waals surface area (Å²) in [6.07, 6.45) is 0. The fourth-order valence-electron chi connectivity index (χ4n) is 3.62. The molecule has 27 heavy (non-hydrogen) atoms. The fourth-order valence-corrected chi connectivity index (χ4v) is 3.62. The first kappa shape index (κ1) is 19.1. The predicted molar refractivity (Wildman–Crippen MR) is 111 cm³/mol. The molecule has 0 spiro atoms. The SMILES string of the molecule is COc1cccc(NC(=O)N2CCN(c3c(C)cccc3C(C)C)CC2)c1. The van der Waals surface area contributed by atoms with Crippen LogP contribution in [-0.2, 0) is 0 Å². The maximum atomic E-state index is 12.6. The van der Waals surface area contributed by atoms with Crippen molar-refractivity contribution in [1.29, 1.82) is 0 Å². The van der Waals surface area contributed by atoms with Crippen LogP contribution in [0.5, 0.6) is 5.75 Å². The summed E-state index contributed by atoms with van der Waals surface area (Å²) in [5.41, 5.74) is 4.77. The molecule has 3 rings (SSSR count). The van der Waals surface area contributed by atoms with Crippen LogP contribution in [0, 0.1) is 6.92 Å². The minimum absolute atomic E-state index is 0.0585. The molecule has 2 amide bonds. The molecule has 0 radical (unpaired) electrons. The number of anilines is 2. The Balaban J connectivity index is 1.64. The van der Waals surface area contributed by atoms with Crippen LogP contribution in [-0.4, -0.2) is 44.2 Å². The number of amides is 2. The van der Waals surface area contributed by atoms with E-state index in [1.54, 1.807) is 7.11 Å². The first-order valence-electron chi connectivity index (χ1n) is 9.54. The largest absolute Gasteiger partial charge is 0.497 e. The Bertz CT molecular complexity index is 796. The summed E-state index contributed by atoms with van der Waals surface area (Å²) >= 11 is 0. The van der Waals surface area contributed by atoms with Crippen LogP contribution in [0.3, 0.4) is 0 Å². The summed E-state index contributed by atoms with van der Waals surface area (Å²) in [5, 5.41) is 2.97. The Morgan fingerprint density at radius 1 is 1.07 bits per heavy atom. The van der Waals surface area contributed by atoms with Gasteiger partial charge in [0.15, 0.2) is 0 Å². The first-order valence-corrected chi connectivity index (χ1v) is 9.54. The van der Waals surface area contributed by atoms with Crippen molar-refractivity contribution in [3.8, 4) is 5.75 Å². The predicted octanol–water partition coefficient (Wildman–Crippen LogP) is 4.48. The molecule has 1 heterocycles. The Kier molecular flexibility index (Phi) is 5.89. The van der Waals surface area contributed by atoms with Gasteiger partial charge in [0.1, 0.15) is 5.75 Å². The van der Waals surface area contributed by atoms with Gasteiger partial charge in [0.05, 0.1) is 7.11 Å². The second-order valence-electron chi connectivity index (χ2n) is 7.30. The van der Waals surface area contributed by atoms with Gasteiger partial charge in [-0.3, -0.25) is 0 Å². The van der Waals surface area contributed by atoms with Crippen molar-refractivity contribution < 1.29 is 9.53 Å². The average molecular weight is 367 g/mol. The van der Waals surface area contributed by atoms with Crippen LogP contribution in [0.2, 0.25) is 0 Å². The van der Waals surface area contributed by atoms with Crippen LogP contribution in [0.25, 0.3) is 0 Å². The van der Waals surface area contributed by atoms with E-state index in [0.717, 1.165) is 24.5 Å². The zero-order valence-corrected chi connectivity index (χ0v) is 16.7. The number of rotatable bonds is 4. The highest BCUT2D eigenvalue weighted by Crippen LogP contribution is 2.31. The van der Waals surface area contributed by atoms with Crippen molar-refractivity contribution in [2.75, 3.05) is 43.5 Å². The lowest BCUT2D eigenvalue weighted by Gasteiger charge is -2.38. The van der Waals surface area contributed by atoms with E-state index < -0.39 is 0 Å². The number of piperazine rings is 1. The third kappa shape index (κ3) is 4.35. The summed E-state index contributed by atoms with van der Waals surface area (Å²) in [7, 11) is 1.62. The van der Waals surface area contributed by atoms with Crippen molar-refractivity contribution >= 4 is 17.4 Å². The van der Waals surface area contributed by atoms with Crippen molar-refractivity contribution in [3.05, 3.63) is 53.6 Å². The van der Waals surface area contributed by atoms with Gasteiger partial charge in [0, 0.05) is 43.6 Å². The van der Waals surface area contributed by atoms with Crippen molar-refractivity contribution in [3.63, 3.8) is 0 Å². The normalized spacial score (nSPS) is 14.4. The molecule has 5 heteroatoms. The summed E-state index contributed by atoms with van der Waals surface area (Å²) in [6.45, 7) is 9.74. The van der Waals surface area contributed by atoms with E-state index in [1.807, 2.05) is 29.2 Å². The number of methoxy groups -OCH3 is 1. The summed E-state index contributed by atoms with van der Waals surface area (Å²) in [6, 6.07) is 13.9. The van der Waals surface area contributed by atoms with Gasteiger partial charge in [0.2, 0.25) is 0 Å². The lowest BCUT2D eigenvalue weighted by atomic mass is 9.97. The van der Waals surface area contributed by atoms with Crippen molar-refractivity contribution in [2.24, 2.45) is 0 Å². The monoisotopic (exact) mass is 367 g/mol. The smallest absolute Gasteiger partial charge is 0.321 e. The molecule has 1 aliphatic heterocycles. The van der Waals surface area contributed by atoms with Crippen LogP contribution in [0.1, 0.15) is 30.9 Å². The highest BCUT2D eigenvalue weighted by Gasteiger charge is 2.24. The fraction of sp³-hybridized carbons (Fsp3) is 0.409. The molecular weight excluding hydrogens is 338 g/mol. The Morgan fingerprint density at radius 3 is 2.44 bits per heavy atom. The number of urea groups is 1. The van der Waals surface area contributed by atoms with Gasteiger partial charge in [-0.25, -0.2) is 4.79 Å². The Labute approximate surface area is 161 Å². The zero-order valence-electron chi connectivity index (χ0n) is 16.7. The van der Waals surface area contributed by atoms with Crippen LogP contribution in [0.15, 0.2) is 42.5 Å². The van der Waals surface area contributed by atoms with Gasteiger partial charge in [-0.15, -0.1) is 0 Å². The number of aryl methyl sites for hydroxylation is 1. The maximum Gasteiger partial charge on any atom is 0.321 e. The van der Waals surface area contributed by atoms with Crippen LogP contribution < -0.4 is 15.0 Å². The number of carbonyl (C=O) groups is 1. The zero-order chi connectivity index (χ0) is 19.4. The molecule has 0 saturated carbocycles. The minimum atomic E-state index is -0.0585. The third-order valence-electron chi connectivity index (χ3n) is 5.10. The lowest BCUT2D eigenvalue weighted by Crippen LogP contribution is -2.50. The van der Waals surface area contributed by atoms with Gasteiger partial charge in [-0.05, 0) is 36.1 Å². The van der Waals surface area contributed by atoms with E-state index in [2.05, 4.69) is 49.2 Å². The van der Waals surface area contributed by atoms with Crippen molar-refractivity contribution in [1.82, 2.24) is 4.90 Å². The maximum absolute atomic E-state index is 12.6. The van der Waals surface area contributed by atoms with Crippen LogP contribution in [0.4, 0.5) is 16.2 Å². The summed E-state index contributed by atoms with van der Waals surface area (Å²) < 4.78 is 5.22. The van der Waals surface area contributed by atoms with Gasteiger partial charge in [-0.1, -0.05) is 38.1 Å². The van der Waals surface area contributed by atoms with E-state index in [9.17, 15) is 4.79 Å². The van der Waals surface area contributed by atoms with Gasteiger partial charge in [-0.2, -0.15) is 0 Å². The molecule has 0 atom stereocenters. The molecule has 2 aromatic rings. The van der Waals surface area contributed by atoms with E-state index in [4.69, 9.17) is 4.74 Å². The molecule has 0 aromatic heterocycles. The second-order valence-corrected chi connectivity index (χ2v) is 7.30. The van der Waals surface area contributed by atoms with Gasteiger partial charge in [0.25, 0.3) is 0 Å². The highest BCUT2D eigenvalue weighted by atomic mass is 16.5. The third-order valence-corrected chi connectivity index (χ3v) is 5.10. The molecule has 0 aliphatic carbocycles. The lowest BCUT2D eigenvalue weighted by molar-refractivity contribution is 0.208. The molecule has 5 nitrogen and oxygen atoms in total. The molecule has 1 fully saturated rings. The number of ether oxygens (including phenoxy) is 1. The van der Waals surface area contributed by atoms with Gasteiger partial charge < -0.3 is 19.9 Å². The first-order chi connectivity index (χ1) is 13.0. The van der Waals surface area contributed by atoms with E-state index in [1.165, 1.54) is 16.8 Å². The minimum Gasteiger partial charge on any atom is -0.497 e. The van der Waals surface area contributed by atoms with Gasteiger partial charge >= 0.3 is 6.03 Å². The number of nitrogens with zero attached hydrogens (tertiary/aromatic N) is 2. The highest BCUT2D eigenvalue weighted by molar-refractivity contribution is 5.89. The Morgan fingerprint density at radius 2 is 1.78 bits per heavy atom. The van der Waals surface area contributed by atoms with Crippen LogP contribution >= 0.6 is 0 Å². The topological polar surface area (TPSA) is 44.8 Å². The van der Waals surface area contributed by atoms with E-state index in [-0.39, 0.29) is 6.03 Å². The molecule has 1 saturated heterocycles. The number of benzene rings is 2. The van der Waals surface area contributed by atoms with E-state index >= 15 is 0 Å². The quantitative estimate of drug-likeness (QED) is 0.866. The van der Waals surface area contributed by atoms with Crippen molar-refractivity contribution in [2.45, 2.75) is 26.7 Å². The number of hydrogen-bond acceptors (Lipinski definition) is 3. The molecule has 1 N–H and O–H groups in total. The summed E-state index contributed by atoms with van der Waals surface area (Å²) in [4.78, 5) is 16.9. The molecule has 144 valence electrons. The van der Waals surface area contributed by atoms with E-state index in [0.29, 0.717) is 19.0 Å². The Hall–Kier alpha value is -2.69. The molecule has 0 unspecified atom stereocenters. The average Bonchev–Trinajstić information content (AvgIpc) is 2.68. The molecular formula is C22H29N3O2. The number of hydrogen-bond donors (Lipinski definition) is 1. The summed E-state index contributed by atoms with van der Waals surface area (Å²) in [5.74, 6) is 1.22. The number of nitrogens with one attached hydrogen (secondary N) is 1. The number of para-hydroxylation sites is 1. The standard InChI is InChI=1S/C22H29N3O2/c1-16(2)20-10-5-7-17(3)21(20)24-11-13-25(14-12-24)22(26)23-18-8-6-9-19(15-18)27-4/h5-10,15-16H,11-14H2,1-4H3,(H,23,26). The second kappa shape index (κ2) is 8.33.